The zero-order valence-corrected chi connectivity index (χ0v) is 14.9. The number of carbonyl (C=O) groups is 1. The molecule has 7 nitrogen and oxygen atoms in total. The quantitative estimate of drug-likeness (QED) is 0.786. The number of carbonyl (C=O) groups excluding carboxylic acids is 1. The zero-order chi connectivity index (χ0) is 17.9. The van der Waals surface area contributed by atoms with Crippen LogP contribution >= 0.6 is 0 Å². The Labute approximate surface area is 145 Å². The third kappa shape index (κ3) is 2.35. The number of hydrogen-bond acceptors (Lipinski definition) is 4. The van der Waals surface area contributed by atoms with Crippen LogP contribution in [-0.4, -0.2) is 41.2 Å². The van der Waals surface area contributed by atoms with Crippen LogP contribution in [0, 0.1) is 12.8 Å². The molecule has 25 heavy (non-hydrogen) atoms. The molecule has 2 aliphatic rings. The van der Waals surface area contributed by atoms with Crippen molar-refractivity contribution in [2.24, 2.45) is 13.0 Å². The molecule has 0 aliphatic carbocycles. The van der Waals surface area contributed by atoms with Gasteiger partial charge in [0.2, 0.25) is 5.91 Å². The van der Waals surface area contributed by atoms with Gasteiger partial charge in [-0.1, -0.05) is 18.2 Å². The van der Waals surface area contributed by atoms with E-state index < -0.39 is 15.9 Å². The molecule has 2 aromatic rings. The molecule has 1 amide bonds. The van der Waals surface area contributed by atoms with Gasteiger partial charge in [-0.3, -0.25) is 14.3 Å². The Morgan fingerprint density at radius 1 is 1.08 bits per heavy atom. The highest BCUT2D eigenvalue weighted by Gasteiger charge is 2.50. The van der Waals surface area contributed by atoms with Gasteiger partial charge in [-0.05, 0) is 19.1 Å². The molecule has 2 aliphatic heterocycles. The summed E-state index contributed by atoms with van der Waals surface area (Å²) in [6.07, 6.45) is 0.184. The second-order valence-corrected chi connectivity index (χ2v) is 8.94. The topological polar surface area (TPSA) is 81.4 Å². The maximum Gasteiger partial charge on any atom is 0.295 e. The minimum absolute atomic E-state index is 0.0265. The maximum absolute atomic E-state index is 13.1. The Balaban J connectivity index is 1.87. The predicted octanol–water partition coefficient (Wildman–Crippen LogP) is 0.634. The minimum Gasteiger partial charge on any atom is -0.302 e. The average molecular weight is 361 g/mol. The van der Waals surface area contributed by atoms with Gasteiger partial charge in [-0.2, -0.15) is 0 Å². The minimum atomic E-state index is -3.16. The normalized spacial score (nSPS) is 24.7. The SMILES string of the molecule is Cc1c(N2C(=O)C[C@@H]3CS(=O)(=O)C[C@@H]32)c(=O)n(-c2ccccc2)n1C. The molecule has 1 aromatic carbocycles. The number of fused-ring (bicyclic) bond motifs is 1. The Morgan fingerprint density at radius 2 is 1.76 bits per heavy atom. The summed E-state index contributed by atoms with van der Waals surface area (Å²) in [5.74, 6) is -0.432. The van der Waals surface area contributed by atoms with Crippen LogP contribution in [0.3, 0.4) is 0 Å². The van der Waals surface area contributed by atoms with E-state index in [0.717, 1.165) is 0 Å². The molecule has 8 heteroatoms. The summed E-state index contributed by atoms with van der Waals surface area (Å²) < 4.78 is 27.1. The molecule has 4 rings (SSSR count). The van der Waals surface area contributed by atoms with E-state index in [1.54, 1.807) is 18.7 Å². The zero-order valence-electron chi connectivity index (χ0n) is 14.0. The van der Waals surface area contributed by atoms with Crippen molar-refractivity contribution in [2.45, 2.75) is 19.4 Å². The number of para-hydroxylation sites is 1. The lowest BCUT2D eigenvalue weighted by atomic mass is 10.1. The summed E-state index contributed by atoms with van der Waals surface area (Å²) in [4.78, 5) is 27.1. The lowest BCUT2D eigenvalue weighted by Gasteiger charge is -2.21. The summed E-state index contributed by atoms with van der Waals surface area (Å²) in [5, 5.41) is 0. The number of rotatable bonds is 2. The summed E-state index contributed by atoms with van der Waals surface area (Å²) >= 11 is 0. The van der Waals surface area contributed by atoms with Gasteiger partial charge in [-0.15, -0.1) is 0 Å². The van der Waals surface area contributed by atoms with Gasteiger partial charge in [0, 0.05) is 19.4 Å². The van der Waals surface area contributed by atoms with Crippen LogP contribution in [-0.2, 0) is 21.7 Å². The third-order valence-electron chi connectivity index (χ3n) is 5.24. The molecule has 0 bridgehead atoms. The monoisotopic (exact) mass is 361 g/mol. The standard InChI is InChI=1S/C17H19N3O4S/c1-11-16(17(22)20(18(11)2)13-6-4-3-5-7-13)19-14-10-25(23,24)9-12(14)8-15(19)21/h3-7,12,14H,8-10H2,1-2H3/t12-,14+/m1/s1. The number of hydrogen-bond donors (Lipinski definition) is 0. The van der Waals surface area contributed by atoms with Crippen LogP contribution in [0.25, 0.3) is 5.69 Å². The molecule has 3 heterocycles. The second-order valence-electron chi connectivity index (χ2n) is 6.78. The summed E-state index contributed by atoms with van der Waals surface area (Å²) in [5.41, 5.74) is 1.34. The largest absolute Gasteiger partial charge is 0.302 e. The third-order valence-corrected chi connectivity index (χ3v) is 7.02. The van der Waals surface area contributed by atoms with E-state index in [9.17, 15) is 18.0 Å². The number of nitrogens with zero attached hydrogens (tertiary/aromatic N) is 3. The molecule has 2 saturated heterocycles. The van der Waals surface area contributed by atoms with Crippen molar-refractivity contribution >= 4 is 21.4 Å². The predicted molar refractivity (Wildman–Crippen MR) is 93.8 cm³/mol. The lowest BCUT2D eigenvalue weighted by molar-refractivity contribution is -0.117. The molecule has 2 atom stereocenters. The van der Waals surface area contributed by atoms with Gasteiger partial charge in [0.15, 0.2) is 9.84 Å². The molecule has 1 aromatic heterocycles. The smallest absolute Gasteiger partial charge is 0.295 e. The van der Waals surface area contributed by atoms with E-state index in [0.29, 0.717) is 17.1 Å². The number of benzene rings is 1. The van der Waals surface area contributed by atoms with Crippen LogP contribution in [0.2, 0.25) is 0 Å². The van der Waals surface area contributed by atoms with Crippen molar-refractivity contribution in [2.75, 3.05) is 16.4 Å². The van der Waals surface area contributed by atoms with Gasteiger partial charge >= 0.3 is 0 Å². The molecule has 0 spiro atoms. The lowest BCUT2D eigenvalue weighted by Crippen LogP contribution is -2.39. The summed E-state index contributed by atoms with van der Waals surface area (Å²) in [6.45, 7) is 1.78. The molecule has 0 unspecified atom stereocenters. The molecule has 0 saturated carbocycles. The fraction of sp³-hybridized carbons (Fsp3) is 0.412. The molecular weight excluding hydrogens is 342 g/mol. The summed E-state index contributed by atoms with van der Waals surface area (Å²) in [7, 11) is -1.40. The van der Waals surface area contributed by atoms with E-state index in [-0.39, 0.29) is 35.3 Å². The Morgan fingerprint density at radius 3 is 2.44 bits per heavy atom. The van der Waals surface area contributed by atoms with Crippen LogP contribution in [0.15, 0.2) is 35.1 Å². The average Bonchev–Trinajstić information content (AvgIpc) is 3.07. The molecular formula is C17H19N3O4S. The van der Waals surface area contributed by atoms with E-state index >= 15 is 0 Å². The highest BCUT2D eigenvalue weighted by atomic mass is 32.2. The number of anilines is 1. The fourth-order valence-corrected chi connectivity index (χ4v) is 6.08. The van der Waals surface area contributed by atoms with Crippen molar-refractivity contribution in [1.82, 2.24) is 9.36 Å². The highest BCUT2D eigenvalue weighted by Crippen LogP contribution is 2.37. The van der Waals surface area contributed by atoms with Crippen LogP contribution < -0.4 is 10.5 Å². The van der Waals surface area contributed by atoms with Crippen molar-refractivity contribution in [3.63, 3.8) is 0 Å². The first-order valence-corrected chi connectivity index (χ1v) is 9.99. The van der Waals surface area contributed by atoms with Gasteiger partial charge in [0.1, 0.15) is 5.69 Å². The van der Waals surface area contributed by atoms with Gasteiger partial charge in [-0.25, -0.2) is 13.1 Å². The van der Waals surface area contributed by atoms with Crippen LogP contribution in [0.4, 0.5) is 5.69 Å². The number of aromatic nitrogens is 2. The Hall–Kier alpha value is -2.35. The summed E-state index contributed by atoms with van der Waals surface area (Å²) in [6, 6.07) is 8.74. The highest BCUT2D eigenvalue weighted by molar-refractivity contribution is 7.91. The van der Waals surface area contributed by atoms with E-state index in [4.69, 9.17) is 0 Å². The van der Waals surface area contributed by atoms with Crippen molar-refractivity contribution in [3.8, 4) is 5.69 Å². The number of sulfone groups is 1. The van der Waals surface area contributed by atoms with Gasteiger partial charge in [0.05, 0.1) is 28.9 Å². The van der Waals surface area contributed by atoms with E-state index in [1.165, 1.54) is 9.58 Å². The first-order chi connectivity index (χ1) is 11.8. The number of amides is 1. The fourth-order valence-electron chi connectivity index (χ4n) is 4.01. The van der Waals surface area contributed by atoms with E-state index in [1.807, 2.05) is 30.3 Å². The van der Waals surface area contributed by atoms with Crippen LogP contribution in [0.5, 0.6) is 0 Å². The van der Waals surface area contributed by atoms with Gasteiger partial charge < -0.3 is 4.90 Å². The first-order valence-electron chi connectivity index (χ1n) is 8.16. The van der Waals surface area contributed by atoms with Crippen molar-refractivity contribution in [1.29, 1.82) is 0 Å². The molecule has 0 radical (unpaired) electrons. The van der Waals surface area contributed by atoms with Crippen molar-refractivity contribution in [3.05, 3.63) is 46.4 Å². The van der Waals surface area contributed by atoms with E-state index in [2.05, 4.69) is 0 Å². The molecule has 132 valence electrons. The second kappa shape index (κ2) is 5.32. The van der Waals surface area contributed by atoms with Gasteiger partial charge in [0.25, 0.3) is 5.56 Å². The Bertz CT molecular complexity index is 1020. The molecule has 0 N–H and O–H groups in total. The molecule has 2 fully saturated rings. The Kier molecular flexibility index (Phi) is 3.44. The van der Waals surface area contributed by atoms with Crippen LogP contribution in [0.1, 0.15) is 12.1 Å². The maximum atomic E-state index is 13.1. The first kappa shape index (κ1) is 16.1. The van der Waals surface area contributed by atoms with Crippen molar-refractivity contribution < 1.29 is 13.2 Å².